The number of methoxy groups -OCH3 is 1. The molecule has 2 aromatic rings. The number of carbonyl (C=O) groups is 1. The van der Waals surface area contributed by atoms with Crippen LogP contribution in [-0.2, 0) is 0 Å². The molecule has 19 heavy (non-hydrogen) atoms. The van der Waals surface area contributed by atoms with Crippen LogP contribution in [0.4, 0.5) is 11.4 Å². The number of nitrogen functional groups attached to an aromatic ring is 1. The van der Waals surface area contributed by atoms with Crippen LogP contribution in [0.15, 0.2) is 42.7 Å². The van der Waals surface area contributed by atoms with E-state index >= 15 is 0 Å². The van der Waals surface area contributed by atoms with Crippen LogP contribution in [0.25, 0.3) is 0 Å². The Labute approximate surface area is 111 Å². The van der Waals surface area contributed by atoms with Crippen molar-refractivity contribution >= 4 is 17.3 Å². The molecule has 98 valence electrons. The second-order valence-electron chi connectivity index (χ2n) is 4.03. The minimum Gasteiger partial charge on any atom is -0.497 e. The quantitative estimate of drug-likeness (QED) is 0.853. The van der Waals surface area contributed by atoms with Crippen molar-refractivity contribution in [3.63, 3.8) is 0 Å². The highest BCUT2D eigenvalue weighted by atomic mass is 16.5. The molecule has 0 unspecified atom stereocenters. The lowest BCUT2D eigenvalue weighted by atomic mass is 10.1. The molecule has 1 aromatic heterocycles. The molecule has 2 N–H and O–H groups in total. The van der Waals surface area contributed by atoms with Crippen molar-refractivity contribution in [2.24, 2.45) is 0 Å². The normalized spacial score (nSPS) is 10.0. The van der Waals surface area contributed by atoms with Crippen molar-refractivity contribution < 1.29 is 9.53 Å². The average molecular weight is 257 g/mol. The second kappa shape index (κ2) is 5.39. The molecule has 0 aliphatic rings. The monoisotopic (exact) mass is 257 g/mol. The zero-order chi connectivity index (χ0) is 13.8. The summed E-state index contributed by atoms with van der Waals surface area (Å²) in [4.78, 5) is 17.9. The number of anilines is 2. The maximum Gasteiger partial charge on any atom is 0.260 e. The number of aromatic nitrogens is 1. The predicted molar refractivity (Wildman–Crippen MR) is 74.4 cm³/mol. The number of rotatable bonds is 3. The predicted octanol–water partition coefficient (Wildman–Crippen LogP) is 1.95. The Hall–Kier alpha value is -2.56. The van der Waals surface area contributed by atoms with Gasteiger partial charge in [-0.25, -0.2) is 0 Å². The van der Waals surface area contributed by atoms with E-state index in [0.29, 0.717) is 22.7 Å². The Morgan fingerprint density at radius 2 is 2.16 bits per heavy atom. The molecule has 1 aromatic carbocycles. The van der Waals surface area contributed by atoms with Gasteiger partial charge in [0.2, 0.25) is 0 Å². The van der Waals surface area contributed by atoms with Gasteiger partial charge in [-0.2, -0.15) is 0 Å². The summed E-state index contributed by atoms with van der Waals surface area (Å²) in [5.74, 6) is 0.390. The third-order valence-electron chi connectivity index (χ3n) is 2.83. The molecule has 0 aliphatic heterocycles. The highest BCUT2D eigenvalue weighted by molar-refractivity contribution is 6.09. The Balaban J connectivity index is 2.34. The minimum atomic E-state index is -0.204. The van der Waals surface area contributed by atoms with E-state index in [0.717, 1.165) is 0 Å². The molecule has 0 saturated heterocycles. The summed E-state index contributed by atoms with van der Waals surface area (Å²) in [5, 5.41) is 0. The lowest BCUT2D eigenvalue weighted by molar-refractivity contribution is 0.0993. The number of benzene rings is 1. The van der Waals surface area contributed by atoms with Crippen LogP contribution in [0, 0.1) is 0 Å². The van der Waals surface area contributed by atoms with Gasteiger partial charge in [0.05, 0.1) is 24.6 Å². The van der Waals surface area contributed by atoms with E-state index in [9.17, 15) is 4.79 Å². The van der Waals surface area contributed by atoms with Crippen LogP contribution in [0.2, 0.25) is 0 Å². The van der Waals surface area contributed by atoms with E-state index in [2.05, 4.69) is 4.98 Å². The number of amides is 1. The van der Waals surface area contributed by atoms with Gasteiger partial charge in [-0.15, -0.1) is 0 Å². The van der Waals surface area contributed by atoms with E-state index in [1.807, 2.05) is 0 Å². The van der Waals surface area contributed by atoms with Crippen molar-refractivity contribution in [1.82, 2.24) is 4.98 Å². The average Bonchev–Trinajstić information content (AvgIpc) is 2.47. The zero-order valence-corrected chi connectivity index (χ0v) is 10.8. The number of ether oxygens (including phenoxy) is 1. The van der Waals surface area contributed by atoms with Crippen LogP contribution in [0.3, 0.4) is 0 Å². The van der Waals surface area contributed by atoms with Gasteiger partial charge in [-0.1, -0.05) is 0 Å². The molecule has 5 nitrogen and oxygen atoms in total. The Bertz CT molecular complexity index is 584. The summed E-state index contributed by atoms with van der Waals surface area (Å²) < 4.78 is 5.11. The smallest absolute Gasteiger partial charge is 0.260 e. The van der Waals surface area contributed by atoms with Crippen molar-refractivity contribution in [1.29, 1.82) is 0 Å². The Morgan fingerprint density at radius 3 is 2.79 bits per heavy atom. The van der Waals surface area contributed by atoms with E-state index in [-0.39, 0.29) is 5.91 Å². The molecular weight excluding hydrogens is 242 g/mol. The van der Waals surface area contributed by atoms with Crippen LogP contribution in [0.1, 0.15) is 10.4 Å². The van der Waals surface area contributed by atoms with Gasteiger partial charge >= 0.3 is 0 Å². The molecular formula is C14H15N3O2. The van der Waals surface area contributed by atoms with E-state index in [1.54, 1.807) is 56.9 Å². The highest BCUT2D eigenvalue weighted by Crippen LogP contribution is 2.22. The molecule has 1 heterocycles. The van der Waals surface area contributed by atoms with Crippen LogP contribution >= 0.6 is 0 Å². The standard InChI is InChI=1S/C14H15N3O2/c1-17(10-4-3-7-16-9-10)14(18)12-8-11(19-2)5-6-13(12)15/h3-9H,15H2,1-2H3. The largest absolute Gasteiger partial charge is 0.497 e. The minimum absolute atomic E-state index is 0.204. The SMILES string of the molecule is COc1ccc(N)c(C(=O)N(C)c2cccnc2)c1. The molecule has 0 bridgehead atoms. The van der Waals surface area contributed by atoms with Gasteiger partial charge in [0, 0.05) is 18.9 Å². The highest BCUT2D eigenvalue weighted by Gasteiger charge is 2.17. The number of nitrogens with zero attached hydrogens (tertiary/aromatic N) is 2. The van der Waals surface area contributed by atoms with Crippen molar-refractivity contribution in [2.45, 2.75) is 0 Å². The number of hydrogen-bond donors (Lipinski definition) is 1. The molecule has 0 aliphatic carbocycles. The second-order valence-corrected chi connectivity index (χ2v) is 4.03. The number of carbonyl (C=O) groups excluding carboxylic acids is 1. The van der Waals surface area contributed by atoms with Gasteiger partial charge < -0.3 is 15.4 Å². The Morgan fingerprint density at radius 1 is 1.37 bits per heavy atom. The van der Waals surface area contributed by atoms with E-state index in [1.165, 1.54) is 4.90 Å². The summed E-state index contributed by atoms with van der Waals surface area (Å²) in [5.41, 5.74) is 7.37. The fraction of sp³-hybridized carbons (Fsp3) is 0.143. The van der Waals surface area contributed by atoms with Gasteiger partial charge in [-0.05, 0) is 30.3 Å². The first-order valence-corrected chi connectivity index (χ1v) is 5.75. The van der Waals surface area contributed by atoms with Gasteiger partial charge in [0.25, 0.3) is 5.91 Å². The molecule has 0 fully saturated rings. The number of nitrogens with two attached hydrogens (primary N) is 1. The molecule has 0 radical (unpaired) electrons. The van der Waals surface area contributed by atoms with Crippen molar-refractivity contribution in [3.05, 3.63) is 48.3 Å². The van der Waals surface area contributed by atoms with Crippen LogP contribution in [-0.4, -0.2) is 25.0 Å². The first-order valence-electron chi connectivity index (χ1n) is 5.75. The van der Waals surface area contributed by atoms with Crippen LogP contribution in [0.5, 0.6) is 5.75 Å². The summed E-state index contributed by atoms with van der Waals surface area (Å²) in [7, 11) is 3.23. The number of hydrogen-bond acceptors (Lipinski definition) is 4. The first-order chi connectivity index (χ1) is 9.13. The topological polar surface area (TPSA) is 68.5 Å². The first kappa shape index (κ1) is 12.9. The molecule has 2 rings (SSSR count). The summed E-state index contributed by atoms with van der Waals surface area (Å²) in [6.07, 6.45) is 3.27. The van der Waals surface area contributed by atoms with E-state index in [4.69, 9.17) is 10.5 Å². The summed E-state index contributed by atoms with van der Waals surface area (Å²) in [6.45, 7) is 0. The van der Waals surface area contributed by atoms with Crippen molar-refractivity contribution in [2.75, 3.05) is 24.8 Å². The molecule has 1 amide bonds. The van der Waals surface area contributed by atoms with Gasteiger partial charge in [0.1, 0.15) is 5.75 Å². The summed E-state index contributed by atoms with van der Waals surface area (Å²) >= 11 is 0. The fourth-order valence-corrected chi connectivity index (χ4v) is 1.70. The van der Waals surface area contributed by atoms with Crippen molar-refractivity contribution in [3.8, 4) is 5.75 Å². The lowest BCUT2D eigenvalue weighted by Gasteiger charge is -2.18. The van der Waals surface area contributed by atoms with Gasteiger partial charge in [-0.3, -0.25) is 9.78 Å². The molecule has 0 spiro atoms. The maximum atomic E-state index is 12.4. The zero-order valence-electron chi connectivity index (χ0n) is 10.8. The summed E-state index contributed by atoms with van der Waals surface area (Å²) in [6, 6.07) is 8.58. The third kappa shape index (κ3) is 2.65. The van der Waals surface area contributed by atoms with Gasteiger partial charge in [0.15, 0.2) is 0 Å². The Kier molecular flexibility index (Phi) is 3.66. The molecule has 0 atom stereocenters. The maximum absolute atomic E-state index is 12.4. The molecule has 5 heteroatoms. The third-order valence-corrected chi connectivity index (χ3v) is 2.83. The fourth-order valence-electron chi connectivity index (χ4n) is 1.70. The van der Waals surface area contributed by atoms with Crippen LogP contribution < -0.4 is 15.4 Å². The molecule has 0 saturated carbocycles. The van der Waals surface area contributed by atoms with E-state index < -0.39 is 0 Å². The lowest BCUT2D eigenvalue weighted by Crippen LogP contribution is -2.27. The number of pyridine rings is 1.